The zero-order valence-electron chi connectivity index (χ0n) is 14.4. The maximum absolute atomic E-state index is 10.6. The van der Waals surface area contributed by atoms with Crippen LogP contribution in [0.1, 0.15) is 90.4 Å². The molecule has 0 aromatic carbocycles. The third-order valence-electron chi connectivity index (χ3n) is 4.24. The lowest BCUT2D eigenvalue weighted by Gasteiger charge is -2.06. The molecule has 0 heterocycles. The van der Waals surface area contributed by atoms with Gasteiger partial charge in [0, 0.05) is 6.92 Å². The van der Waals surface area contributed by atoms with Crippen molar-refractivity contribution in [2.75, 3.05) is 6.61 Å². The van der Waals surface area contributed by atoms with Gasteiger partial charge in [0.05, 0.1) is 6.61 Å². The normalized spacial score (nSPS) is 14.0. The number of allylic oxidation sites excluding steroid dienone is 4. The fourth-order valence-corrected chi connectivity index (χ4v) is 2.91. The molecule has 0 bridgehead atoms. The zero-order valence-corrected chi connectivity index (χ0v) is 14.4. The van der Waals surface area contributed by atoms with Crippen molar-refractivity contribution in [3.05, 3.63) is 23.8 Å². The number of carbonyl (C=O) groups is 1. The first-order valence-electron chi connectivity index (χ1n) is 9.28. The SMILES string of the molecule is CC(=O)OCCCCCCCCCCCCC1=CCCC=C1. The van der Waals surface area contributed by atoms with E-state index in [4.69, 9.17) is 4.74 Å². The van der Waals surface area contributed by atoms with Gasteiger partial charge in [0.25, 0.3) is 0 Å². The molecule has 2 heteroatoms. The predicted molar refractivity (Wildman–Crippen MR) is 93.9 cm³/mol. The Labute approximate surface area is 137 Å². The fraction of sp³-hybridized carbons (Fsp3) is 0.750. The van der Waals surface area contributed by atoms with Crippen LogP contribution in [0.4, 0.5) is 0 Å². The van der Waals surface area contributed by atoms with Crippen LogP contribution in [0.5, 0.6) is 0 Å². The number of hydrogen-bond acceptors (Lipinski definition) is 2. The Morgan fingerprint density at radius 1 is 0.909 bits per heavy atom. The molecule has 0 radical (unpaired) electrons. The zero-order chi connectivity index (χ0) is 15.9. The van der Waals surface area contributed by atoms with Gasteiger partial charge in [-0.25, -0.2) is 0 Å². The van der Waals surface area contributed by atoms with Crippen LogP contribution in [0.3, 0.4) is 0 Å². The molecule has 1 rings (SSSR count). The van der Waals surface area contributed by atoms with E-state index < -0.39 is 0 Å². The number of carbonyl (C=O) groups excluding carboxylic acids is 1. The number of hydrogen-bond donors (Lipinski definition) is 0. The van der Waals surface area contributed by atoms with E-state index in [9.17, 15) is 4.79 Å². The number of rotatable bonds is 13. The first kappa shape index (κ1) is 19.0. The minimum Gasteiger partial charge on any atom is -0.466 e. The Bertz CT molecular complexity index is 342. The van der Waals surface area contributed by atoms with E-state index in [-0.39, 0.29) is 5.97 Å². The summed E-state index contributed by atoms with van der Waals surface area (Å²) in [5.41, 5.74) is 1.56. The molecule has 0 atom stereocenters. The van der Waals surface area contributed by atoms with Crippen molar-refractivity contribution in [3.8, 4) is 0 Å². The molecule has 22 heavy (non-hydrogen) atoms. The fourth-order valence-electron chi connectivity index (χ4n) is 2.91. The van der Waals surface area contributed by atoms with Crippen molar-refractivity contribution in [1.29, 1.82) is 0 Å². The molecule has 0 saturated heterocycles. The molecule has 1 aliphatic rings. The molecule has 0 saturated carbocycles. The van der Waals surface area contributed by atoms with Gasteiger partial charge in [-0.3, -0.25) is 4.79 Å². The highest BCUT2D eigenvalue weighted by atomic mass is 16.5. The molecular weight excluding hydrogens is 272 g/mol. The second kappa shape index (κ2) is 13.6. The summed E-state index contributed by atoms with van der Waals surface area (Å²) in [7, 11) is 0. The van der Waals surface area contributed by atoms with Crippen molar-refractivity contribution >= 4 is 5.97 Å². The molecule has 0 fully saturated rings. The van der Waals surface area contributed by atoms with Crippen molar-refractivity contribution in [2.24, 2.45) is 0 Å². The van der Waals surface area contributed by atoms with E-state index in [1.54, 1.807) is 5.57 Å². The van der Waals surface area contributed by atoms with Gasteiger partial charge in [-0.05, 0) is 32.1 Å². The predicted octanol–water partition coefficient (Wildman–Crippen LogP) is 6.12. The standard InChI is InChI=1S/C20H34O2/c1-19(21)22-18-14-9-7-5-3-2-4-6-8-11-15-20-16-12-10-13-17-20/h12,16-17H,2-11,13-15,18H2,1H3. The van der Waals surface area contributed by atoms with E-state index in [1.165, 1.54) is 84.0 Å². The third-order valence-corrected chi connectivity index (χ3v) is 4.24. The van der Waals surface area contributed by atoms with E-state index in [2.05, 4.69) is 18.2 Å². The van der Waals surface area contributed by atoms with Crippen molar-refractivity contribution in [1.82, 2.24) is 0 Å². The Kier molecular flexibility index (Phi) is 11.7. The van der Waals surface area contributed by atoms with Gasteiger partial charge in [0.1, 0.15) is 0 Å². The number of esters is 1. The van der Waals surface area contributed by atoms with E-state index in [0.717, 1.165) is 6.42 Å². The molecule has 1 aliphatic carbocycles. The second-order valence-electron chi connectivity index (χ2n) is 6.38. The van der Waals surface area contributed by atoms with Gasteiger partial charge in [-0.1, -0.05) is 75.2 Å². The van der Waals surface area contributed by atoms with Gasteiger partial charge in [0.2, 0.25) is 0 Å². The summed E-state index contributed by atoms with van der Waals surface area (Å²) in [5, 5.41) is 0. The highest BCUT2D eigenvalue weighted by Crippen LogP contribution is 2.17. The lowest BCUT2D eigenvalue weighted by molar-refractivity contribution is -0.141. The average Bonchev–Trinajstić information content (AvgIpc) is 2.52. The van der Waals surface area contributed by atoms with Crippen molar-refractivity contribution < 1.29 is 9.53 Å². The summed E-state index contributed by atoms with van der Waals surface area (Å²) in [4.78, 5) is 10.6. The van der Waals surface area contributed by atoms with Gasteiger partial charge in [-0.15, -0.1) is 0 Å². The molecule has 0 aliphatic heterocycles. The molecule has 0 amide bonds. The van der Waals surface area contributed by atoms with Gasteiger partial charge in [-0.2, -0.15) is 0 Å². The van der Waals surface area contributed by atoms with Crippen LogP contribution in [-0.2, 0) is 9.53 Å². The summed E-state index contributed by atoms with van der Waals surface area (Å²) in [6.07, 6.45) is 23.9. The quantitative estimate of drug-likeness (QED) is 0.303. The molecule has 0 aromatic heterocycles. The van der Waals surface area contributed by atoms with Crippen LogP contribution < -0.4 is 0 Å². The van der Waals surface area contributed by atoms with Crippen LogP contribution in [0, 0.1) is 0 Å². The summed E-state index contributed by atoms with van der Waals surface area (Å²) in [6, 6.07) is 0. The van der Waals surface area contributed by atoms with E-state index in [1.807, 2.05) is 0 Å². The largest absolute Gasteiger partial charge is 0.466 e. The molecule has 0 N–H and O–H groups in total. The van der Waals surface area contributed by atoms with Crippen LogP contribution in [0.15, 0.2) is 23.8 Å². The maximum atomic E-state index is 10.6. The monoisotopic (exact) mass is 306 g/mol. The number of unbranched alkanes of at least 4 members (excludes halogenated alkanes) is 9. The van der Waals surface area contributed by atoms with Gasteiger partial charge < -0.3 is 4.74 Å². The summed E-state index contributed by atoms with van der Waals surface area (Å²) in [5.74, 6) is -0.157. The van der Waals surface area contributed by atoms with Crippen LogP contribution >= 0.6 is 0 Å². The molecule has 126 valence electrons. The van der Waals surface area contributed by atoms with E-state index in [0.29, 0.717) is 6.61 Å². The molecule has 0 unspecified atom stereocenters. The van der Waals surface area contributed by atoms with Crippen LogP contribution in [0.2, 0.25) is 0 Å². The summed E-state index contributed by atoms with van der Waals surface area (Å²) in [6.45, 7) is 2.07. The Morgan fingerprint density at radius 2 is 1.50 bits per heavy atom. The first-order chi connectivity index (χ1) is 10.8. The highest BCUT2D eigenvalue weighted by molar-refractivity contribution is 5.65. The first-order valence-corrected chi connectivity index (χ1v) is 9.28. The highest BCUT2D eigenvalue weighted by Gasteiger charge is 1.98. The Morgan fingerprint density at radius 3 is 2.05 bits per heavy atom. The Hall–Kier alpha value is -1.05. The van der Waals surface area contributed by atoms with Crippen LogP contribution in [0.25, 0.3) is 0 Å². The minimum absolute atomic E-state index is 0.157. The molecule has 2 nitrogen and oxygen atoms in total. The van der Waals surface area contributed by atoms with Gasteiger partial charge >= 0.3 is 5.97 Å². The molecule has 0 aromatic rings. The third kappa shape index (κ3) is 11.6. The lowest BCUT2D eigenvalue weighted by atomic mass is 10.00. The smallest absolute Gasteiger partial charge is 0.302 e. The van der Waals surface area contributed by atoms with Crippen molar-refractivity contribution in [2.45, 2.75) is 90.4 Å². The van der Waals surface area contributed by atoms with E-state index >= 15 is 0 Å². The molecular formula is C20H34O2. The topological polar surface area (TPSA) is 26.3 Å². The number of ether oxygens (including phenoxy) is 1. The Balaban J connectivity index is 1.74. The summed E-state index contributed by atoms with van der Waals surface area (Å²) >= 11 is 0. The summed E-state index contributed by atoms with van der Waals surface area (Å²) < 4.78 is 4.92. The second-order valence-corrected chi connectivity index (χ2v) is 6.38. The molecule has 0 spiro atoms. The lowest BCUT2D eigenvalue weighted by Crippen LogP contribution is -2.00. The van der Waals surface area contributed by atoms with Crippen LogP contribution in [-0.4, -0.2) is 12.6 Å². The maximum Gasteiger partial charge on any atom is 0.302 e. The minimum atomic E-state index is -0.157. The van der Waals surface area contributed by atoms with Crippen molar-refractivity contribution in [3.63, 3.8) is 0 Å². The van der Waals surface area contributed by atoms with Gasteiger partial charge in [0.15, 0.2) is 0 Å². The average molecular weight is 306 g/mol.